The molecule has 3 rings (SSSR count). The average molecular weight is 276 g/mol. The Labute approximate surface area is 122 Å². The standard InChI is InChI=1S/C17H28N2O/c1-15(7-8-16-6-4-13-20-16)19-12-5-11-18-17(14-19)9-2-3-10-17/h4,6,13,15,18H,2-3,5,7-12,14H2,1H3. The third-order valence-electron chi connectivity index (χ3n) is 5.20. The van der Waals surface area contributed by atoms with Crippen molar-refractivity contribution in [3.8, 4) is 0 Å². The van der Waals surface area contributed by atoms with Crippen LogP contribution in [0.3, 0.4) is 0 Å². The molecule has 0 radical (unpaired) electrons. The summed E-state index contributed by atoms with van der Waals surface area (Å²) in [4.78, 5) is 2.72. The van der Waals surface area contributed by atoms with Gasteiger partial charge in [-0.05, 0) is 57.8 Å². The van der Waals surface area contributed by atoms with Crippen molar-refractivity contribution in [3.05, 3.63) is 24.2 Å². The van der Waals surface area contributed by atoms with Crippen LogP contribution in [0.25, 0.3) is 0 Å². The summed E-state index contributed by atoms with van der Waals surface area (Å²) in [7, 11) is 0. The van der Waals surface area contributed by atoms with Crippen molar-refractivity contribution in [1.29, 1.82) is 0 Å². The van der Waals surface area contributed by atoms with E-state index in [1.165, 1.54) is 58.2 Å². The first-order valence-corrected chi connectivity index (χ1v) is 8.29. The Balaban J connectivity index is 1.56. The second-order valence-corrected chi connectivity index (χ2v) is 6.71. The van der Waals surface area contributed by atoms with Crippen molar-refractivity contribution in [1.82, 2.24) is 10.2 Å². The van der Waals surface area contributed by atoms with Crippen LogP contribution in [0, 0.1) is 0 Å². The van der Waals surface area contributed by atoms with E-state index < -0.39 is 0 Å². The molecular formula is C17H28N2O. The van der Waals surface area contributed by atoms with Crippen molar-refractivity contribution in [3.63, 3.8) is 0 Å². The summed E-state index contributed by atoms with van der Waals surface area (Å²) in [6.07, 6.45) is 10.9. The molecule has 2 fully saturated rings. The van der Waals surface area contributed by atoms with Gasteiger partial charge in [-0.2, -0.15) is 0 Å². The Morgan fingerprint density at radius 1 is 1.35 bits per heavy atom. The van der Waals surface area contributed by atoms with Gasteiger partial charge in [-0.15, -0.1) is 0 Å². The molecular weight excluding hydrogens is 248 g/mol. The molecule has 1 saturated carbocycles. The van der Waals surface area contributed by atoms with Crippen LogP contribution >= 0.6 is 0 Å². The topological polar surface area (TPSA) is 28.4 Å². The molecule has 2 heterocycles. The summed E-state index contributed by atoms with van der Waals surface area (Å²) in [5.41, 5.74) is 0.426. The van der Waals surface area contributed by atoms with Crippen LogP contribution in [-0.2, 0) is 6.42 Å². The van der Waals surface area contributed by atoms with Crippen molar-refractivity contribution in [2.24, 2.45) is 0 Å². The Hall–Kier alpha value is -0.800. The first-order chi connectivity index (χ1) is 9.77. The molecule has 1 spiro atoms. The minimum absolute atomic E-state index is 0.426. The normalized spacial score (nSPS) is 24.9. The smallest absolute Gasteiger partial charge is 0.103 e. The summed E-state index contributed by atoms with van der Waals surface area (Å²) in [6, 6.07) is 4.73. The zero-order chi connectivity index (χ0) is 13.8. The molecule has 1 saturated heterocycles. The Morgan fingerprint density at radius 3 is 2.95 bits per heavy atom. The van der Waals surface area contributed by atoms with E-state index in [-0.39, 0.29) is 0 Å². The van der Waals surface area contributed by atoms with Gasteiger partial charge in [0.1, 0.15) is 5.76 Å². The van der Waals surface area contributed by atoms with Crippen molar-refractivity contribution < 1.29 is 4.42 Å². The zero-order valence-corrected chi connectivity index (χ0v) is 12.7. The first-order valence-electron chi connectivity index (χ1n) is 8.29. The second-order valence-electron chi connectivity index (χ2n) is 6.71. The highest BCUT2D eigenvalue weighted by Gasteiger charge is 2.37. The lowest BCUT2D eigenvalue weighted by molar-refractivity contribution is 0.158. The second kappa shape index (κ2) is 6.31. The van der Waals surface area contributed by atoms with E-state index >= 15 is 0 Å². The van der Waals surface area contributed by atoms with Gasteiger partial charge in [0.05, 0.1) is 6.26 Å². The molecule has 3 heteroatoms. The lowest BCUT2D eigenvalue weighted by Crippen LogP contribution is -2.51. The minimum Gasteiger partial charge on any atom is -0.469 e. The highest BCUT2D eigenvalue weighted by Crippen LogP contribution is 2.32. The number of hydrogen-bond donors (Lipinski definition) is 1. The lowest BCUT2D eigenvalue weighted by Gasteiger charge is -2.36. The molecule has 1 unspecified atom stereocenters. The van der Waals surface area contributed by atoms with Crippen LogP contribution < -0.4 is 5.32 Å². The summed E-state index contributed by atoms with van der Waals surface area (Å²) >= 11 is 0. The summed E-state index contributed by atoms with van der Waals surface area (Å²) in [5, 5.41) is 3.85. The third-order valence-corrected chi connectivity index (χ3v) is 5.20. The number of furan rings is 1. The van der Waals surface area contributed by atoms with Gasteiger partial charge in [-0.3, -0.25) is 4.90 Å². The molecule has 1 aromatic heterocycles. The average Bonchev–Trinajstić information content (AvgIpc) is 3.06. The molecule has 3 nitrogen and oxygen atoms in total. The number of rotatable bonds is 4. The van der Waals surface area contributed by atoms with E-state index in [9.17, 15) is 0 Å². The molecule has 0 aromatic carbocycles. The molecule has 1 aromatic rings. The van der Waals surface area contributed by atoms with Gasteiger partial charge < -0.3 is 9.73 Å². The van der Waals surface area contributed by atoms with Gasteiger partial charge in [0.2, 0.25) is 0 Å². The van der Waals surface area contributed by atoms with E-state index in [1.54, 1.807) is 6.26 Å². The van der Waals surface area contributed by atoms with Gasteiger partial charge in [0.25, 0.3) is 0 Å². The monoisotopic (exact) mass is 276 g/mol. The van der Waals surface area contributed by atoms with Gasteiger partial charge >= 0.3 is 0 Å². The maximum Gasteiger partial charge on any atom is 0.103 e. The Kier molecular flexibility index (Phi) is 4.47. The van der Waals surface area contributed by atoms with Crippen molar-refractivity contribution in [2.75, 3.05) is 19.6 Å². The molecule has 0 amide bonds. The van der Waals surface area contributed by atoms with Crippen LogP contribution in [0.2, 0.25) is 0 Å². The number of hydrogen-bond acceptors (Lipinski definition) is 3. The predicted octanol–water partition coefficient (Wildman–Crippen LogP) is 3.21. The van der Waals surface area contributed by atoms with Gasteiger partial charge in [0.15, 0.2) is 0 Å². The maximum atomic E-state index is 5.46. The largest absolute Gasteiger partial charge is 0.469 e. The van der Waals surface area contributed by atoms with E-state index in [0.717, 1.165) is 12.2 Å². The first kappa shape index (κ1) is 14.2. The third kappa shape index (κ3) is 3.26. The molecule has 1 N–H and O–H groups in total. The summed E-state index contributed by atoms with van der Waals surface area (Å²) in [5.74, 6) is 1.13. The molecule has 1 atom stereocenters. The molecule has 0 bridgehead atoms. The van der Waals surface area contributed by atoms with Crippen LogP contribution in [0.4, 0.5) is 0 Å². The zero-order valence-electron chi connectivity index (χ0n) is 12.7. The number of nitrogens with one attached hydrogen (secondary N) is 1. The van der Waals surface area contributed by atoms with E-state index in [2.05, 4.69) is 23.2 Å². The van der Waals surface area contributed by atoms with Crippen LogP contribution in [0.1, 0.15) is 51.2 Å². The van der Waals surface area contributed by atoms with Gasteiger partial charge in [0, 0.05) is 24.5 Å². The van der Waals surface area contributed by atoms with Crippen molar-refractivity contribution in [2.45, 2.75) is 63.5 Å². The van der Waals surface area contributed by atoms with Gasteiger partial charge in [-0.25, -0.2) is 0 Å². The highest BCUT2D eigenvalue weighted by molar-refractivity contribution is 5.00. The van der Waals surface area contributed by atoms with Gasteiger partial charge in [-0.1, -0.05) is 12.8 Å². The van der Waals surface area contributed by atoms with Crippen LogP contribution in [0.5, 0.6) is 0 Å². The predicted molar refractivity (Wildman–Crippen MR) is 81.9 cm³/mol. The molecule has 1 aliphatic heterocycles. The van der Waals surface area contributed by atoms with E-state index in [1.807, 2.05) is 6.07 Å². The number of aryl methyl sites for hydroxylation is 1. The fourth-order valence-electron chi connectivity index (χ4n) is 3.91. The quantitative estimate of drug-likeness (QED) is 0.915. The fourth-order valence-corrected chi connectivity index (χ4v) is 3.91. The SMILES string of the molecule is CC(CCc1ccco1)N1CCCNC2(CCCC2)C1. The molecule has 20 heavy (non-hydrogen) atoms. The molecule has 112 valence electrons. The Morgan fingerprint density at radius 2 is 2.20 bits per heavy atom. The lowest BCUT2D eigenvalue weighted by atomic mass is 9.96. The summed E-state index contributed by atoms with van der Waals surface area (Å²) in [6.45, 7) is 6.07. The summed E-state index contributed by atoms with van der Waals surface area (Å²) < 4.78 is 5.46. The van der Waals surface area contributed by atoms with Crippen molar-refractivity contribution >= 4 is 0 Å². The molecule has 1 aliphatic carbocycles. The molecule has 2 aliphatic rings. The number of nitrogens with zero attached hydrogens (tertiary/aromatic N) is 1. The van der Waals surface area contributed by atoms with Crippen LogP contribution in [-0.4, -0.2) is 36.1 Å². The highest BCUT2D eigenvalue weighted by atomic mass is 16.3. The fraction of sp³-hybridized carbons (Fsp3) is 0.765. The van der Waals surface area contributed by atoms with E-state index in [4.69, 9.17) is 4.42 Å². The maximum absolute atomic E-state index is 5.46. The Bertz CT molecular complexity index is 395. The minimum atomic E-state index is 0.426. The van der Waals surface area contributed by atoms with Crippen LogP contribution in [0.15, 0.2) is 22.8 Å². The van der Waals surface area contributed by atoms with E-state index in [0.29, 0.717) is 11.6 Å².